The van der Waals surface area contributed by atoms with Gasteiger partial charge < -0.3 is 0 Å². The van der Waals surface area contributed by atoms with Crippen LogP contribution in [0.4, 0.5) is 13.2 Å². The average molecular weight is 343 g/mol. The van der Waals surface area contributed by atoms with Crippen LogP contribution in [0.25, 0.3) is 0 Å². The van der Waals surface area contributed by atoms with Crippen molar-refractivity contribution in [2.75, 3.05) is 0 Å². The molecule has 0 aliphatic carbocycles. The molecule has 0 bridgehead atoms. The van der Waals surface area contributed by atoms with E-state index in [9.17, 15) is 18.0 Å². The molecule has 0 fully saturated rings. The topological polar surface area (TPSA) is 17.1 Å². The van der Waals surface area contributed by atoms with Crippen LogP contribution >= 0.6 is 15.9 Å². The van der Waals surface area contributed by atoms with Crippen molar-refractivity contribution in [3.05, 3.63) is 69.2 Å². The molecule has 0 saturated carbocycles. The van der Waals surface area contributed by atoms with Crippen LogP contribution in [-0.4, -0.2) is 5.78 Å². The molecule has 0 aliphatic rings. The number of halogens is 4. The number of hydrogen-bond acceptors (Lipinski definition) is 1. The quantitative estimate of drug-likeness (QED) is 0.701. The highest BCUT2D eigenvalue weighted by molar-refractivity contribution is 9.10. The van der Waals surface area contributed by atoms with Gasteiger partial charge in [-0.15, -0.1) is 0 Å². The van der Waals surface area contributed by atoms with Crippen LogP contribution in [-0.2, 0) is 6.18 Å². The molecule has 0 aromatic heterocycles. The van der Waals surface area contributed by atoms with Gasteiger partial charge in [0.15, 0.2) is 5.78 Å². The first kappa shape index (κ1) is 14.8. The second-order valence-corrected chi connectivity index (χ2v) is 5.23. The standard InChI is InChI=1S/C15H10BrF3O/c1-9-5-6-11(8-13(9)16)14(20)10-3-2-4-12(7-10)15(17,18)19/h2-8H,1H3. The largest absolute Gasteiger partial charge is 0.416 e. The lowest BCUT2D eigenvalue weighted by atomic mass is 10.0. The minimum atomic E-state index is -4.45. The lowest BCUT2D eigenvalue weighted by molar-refractivity contribution is -0.137. The highest BCUT2D eigenvalue weighted by atomic mass is 79.9. The van der Waals surface area contributed by atoms with Crippen molar-refractivity contribution >= 4 is 21.7 Å². The van der Waals surface area contributed by atoms with Crippen molar-refractivity contribution in [2.24, 2.45) is 0 Å². The van der Waals surface area contributed by atoms with E-state index in [0.29, 0.717) is 5.56 Å². The smallest absolute Gasteiger partial charge is 0.289 e. The van der Waals surface area contributed by atoms with Crippen LogP contribution in [0.1, 0.15) is 27.0 Å². The summed E-state index contributed by atoms with van der Waals surface area (Å²) in [6.07, 6.45) is -4.45. The van der Waals surface area contributed by atoms with E-state index in [1.807, 2.05) is 6.92 Å². The van der Waals surface area contributed by atoms with Gasteiger partial charge in [-0.05, 0) is 30.7 Å². The fourth-order valence-electron chi connectivity index (χ4n) is 1.74. The van der Waals surface area contributed by atoms with Gasteiger partial charge in [0.1, 0.15) is 0 Å². The van der Waals surface area contributed by atoms with Crippen LogP contribution in [0.5, 0.6) is 0 Å². The van der Waals surface area contributed by atoms with E-state index >= 15 is 0 Å². The van der Waals surface area contributed by atoms with E-state index in [0.717, 1.165) is 22.2 Å². The van der Waals surface area contributed by atoms with Gasteiger partial charge in [-0.3, -0.25) is 4.79 Å². The molecule has 0 heterocycles. The molecular weight excluding hydrogens is 333 g/mol. The normalized spacial score (nSPS) is 11.4. The molecule has 104 valence electrons. The van der Waals surface area contributed by atoms with Crippen molar-refractivity contribution in [3.63, 3.8) is 0 Å². The molecule has 0 saturated heterocycles. The first-order valence-corrected chi connectivity index (χ1v) is 6.56. The fourth-order valence-corrected chi connectivity index (χ4v) is 2.12. The molecule has 5 heteroatoms. The average Bonchev–Trinajstić information content (AvgIpc) is 2.40. The minimum Gasteiger partial charge on any atom is -0.289 e. The lowest BCUT2D eigenvalue weighted by Crippen LogP contribution is -2.08. The third kappa shape index (κ3) is 3.10. The molecule has 1 nitrogen and oxygen atoms in total. The third-order valence-corrected chi connectivity index (χ3v) is 3.74. The highest BCUT2D eigenvalue weighted by Gasteiger charge is 2.30. The second-order valence-electron chi connectivity index (χ2n) is 4.37. The molecule has 0 spiro atoms. The summed E-state index contributed by atoms with van der Waals surface area (Å²) in [5.74, 6) is -0.434. The van der Waals surface area contributed by atoms with Crippen LogP contribution in [0, 0.1) is 6.92 Å². The predicted molar refractivity (Wildman–Crippen MR) is 73.8 cm³/mol. The van der Waals surface area contributed by atoms with Crippen LogP contribution in [0.2, 0.25) is 0 Å². The Morgan fingerprint density at radius 3 is 2.30 bits per heavy atom. The summed E-state index contributed by atoms with van der Waals surface area (Å²) >= 11 is 3.30. The lowest BCUT2D eigenvalue weighted by Gasteiger charge is -2.08. The van der Waals surface area contributed by atoms with Gasteiger partial charge in [-0.25, -0.2) is 0 Å². The Bertz CT molecular complexity index is 662. The maximum Gasteiger partial charge on any atom is 0.416 e. The number of aryl methyl sites for hydroxylation is 1. The zero-order valence-electron chi connectivity index (χ0n) is 10.5. The molecule has 20 heavy (non-hydrogen) atoms. The molecule has 0 amide bonds. The van der Waals surface area contributed by atoms with Crippen LogP contribution in [0.3, 0.4) is 0 Å². The van der Waals surface area contributed by atoms with E-state index in [1.165, 1.54) is 12.1 Å². The molecule has 2 aromatic rings. The summed E-state index contributed by atoms with van der Waals surface area (Å²) in [6, 6.07) is 9.38. The van der Waals surface area contributed by atoms with Crippen molar-refractivity contribution in [1.82, 2.24) is 0 Å². The Kier molecular flexibility index (Phi) is 3.99. The zero-order chi connectivity index (χ0) is 14.9. The number of ketones is 1. The van der Waals surface area contributed by atoms with Gasteiger partial charge in [0.2, 0.25) is 0 Å². The van der Waals surface area contributed by atoms with Crippen molar-refractivity contribution < 1.29 is 18.0 Å². The predicted octanol–water partition coefficient (Wildman–Crippen LogP) is 5.01. The maximum absolute atomic E-state index is 12.6. The Morgan fingerprint density at radius 2 is 1.70 bits per heavy atom. The number of carbonyl (C=O) groups is 1. The van der Waals surface area contributed by atoms with Gasteiger partial charge in [0, 0.05) is 15.6 Å². The SMILES string of the molecule is Cc1ccc(C(=O)c2cccc(C(F)(F)F)c2)cc1Br. The van der Waals surface area contributed by atoms with Crippen molar-refractivity contribution in [1.29, 1.82) is 0 Å². The minimum absolute atomic E-state index is 0.0237. The van der Waals surface area contributed by atoms with E-state index in [4.69, 9.17) is 0 Å². The van der Waals surface area contributed by atoms with Gasteiger partial charge >= 0.3 is 6.18 Å². The summed E-state index contributed by atoms with van der Waals surface area (Å²) in [4.78, 5) is 12.2. The van der Waals surface area contributed by atoms with Gasteiger partial charge in [-0.2, -0.15) is 13.2 Å². The Balaban J connectivity index is 2.41. The van der Waals surface area contributed by atoms with E-state index < -0.39 is 17.5 Å². The molecular formula is C15H10BrF3O. The molecule has 0 unspecified atom stereocenters. The fraction of sp³-hybridized carbons (Fsp3) is 0.133. The number of rotatable bonds is 2. The summed E-state index contributed by atoms with van der Waals surface area (Å²) in [7, 11) is 0. The highest BCUT2D eigenvalue weighted by Crippen LogP contribution is 2.30. The Hall–Kier alpha value is -1.62. The summed E-state index contributed by atoms with van der Waals surface area (Å²) in [5, 5.41) is 0. The van der Waals surface area contributed by atoms with Gasteiger partial charge in [0.25, 0.3) is 0 Å². The Labute approximate surface area is 122 Å². The molecule has 0 atom stereocenters. The van der Waals surface area contributed by atoms with E-state index in [-0.39, 0.29) is 5.56 Å². The van der Waals surface area contributed by atoms with Gasteiger partial charge in [0.05, 0.1) is 5.56 Å². The van der Waals surface area contributed by atoms with Crippen molar-refractivity contribution in [2.45, 2.75) is 13.1 Å². The number of benzene rings is 2. The number of carbonyl (C=O) groups excluding carboxylic acids is 1. The molecule has 0 radical (unpaired) electrons. The second kappa shape index (κ2) is 5.40. The number of alkyl halides is 3. The van der Waals surface area contributed by atoms with Gasteiger partial charge in [-0.1, -0.05) is 40.2 Å². The van der Waals surface area contributed by atoms with Crippen LogP contribution < -0.4 is 0 Å². The summed E-state index contributed by atoms with van der Waals surface area (Å²) in [6.45, 7) is 1.86. The van der Waals surface area contributed by atoms with Crippen molar-refractivity contribution in [3.8, 4) is 0 Å². The molecule has 0 N–H and O–H groups in total. The molecule has 0 aliphatic heterocycles. The Morgan fingerprint density at radius 1 is 1.05 bits per heavy atom. The third-order valence-electron chi connectivity index (χ3n) is 2.89. The monoisotopic (exact) mass is 342 g/mol. The first-order chi connectivity index (χ1) is 9.29. The first-order valence-electron chi connectivity index (χ1n) is 5.77. The van der Waals surface area contributed by atoms with E-state index in [2.05, 4.69) is 15.9 Å². The molecule has 2 rings (SSSR count). The maximum atomic E-state index is 12.6. The van der Waals surface area contributed by atoms with E-state index in [1.54, 1.807) is 18.2 Å². The number of hydrogen-bond donors (Lipinski definition) is 0. The summed E-state index contributed by atoms with van der Waals surface area (Å²) in [5.41, 5.74) is 0.498. The molecule has 2 aromatic carbocycles. The summed E-state index contributed by atoms with van der Waals surface area (Å²) < 4.78 is 38.6. The van der Waals surface area contributed by atoms with Crippen LogP contribution in [0.15, 0.2) is 46.9 Å². The zero-order valence-corrected chi connectivity index (χ0v) is 12.0.